The Bertz CT molecular complexity index is 1280. The number of nitrogens with zero attached hydrogens (tertiary/aromatic N) is 3. The topological polar surface area (TPSA) is 88.9 Å². The van der Waals surface area contributed by atoms with Gasteiger partial charge in [-0.2, -0.15) is 0 Å². The fraction of sp³-hybridized carbons (Fsp3) is 0.0833. The van der Waals surface area contributed by atoms with E-state index in [0.717, 1.165) is 17.3 Å². The fourth-order valence-electron chi connectivity index (χ4n) is 3.09. The predicted octanol–water partition coefficient (Wildman–Crippen LogP) is 4.33. The summed E-state index contributed by atoms with van der Waals surface area (Å²) in [5.41, 5.74) is 2.06. The van der Waals surface area contributed by atoms with Crippen molar-refractivity contribution in [3.05, 3.63) is 96.1 Å². The van der Waals surface area contributed by atoms with Gasteiger partial charge in [-0.3, -0.25) is 14.7 Å². The molecule has 0 unspecified atom stereocenters. The van der Waals surface area contributed by atoms with E-state index < -0.39 is 23.6 Å². The summed E-state index contributed by atoms with van der Waals surface area (Å²) in [4.78, 5) is 24.3. The third-order valence-electron chi connectivity index (χ3n) is 4.70. The van der Waals surface area contributed by atoms with Gasteiger partial charge in [0.05, 0.1) is 5.75 Å². The van der Waals surface area contributed by atoms with Gasteiger partial charge in [-0.05, 0) is 54.1 Å². The monoisotopic (exact) mass is 479 g/mol. The van der Waals surface area contributed by atoms with Crippen molar-refractivity contribution in [1.82, 2.24) is 25.4 Å². The lowest BCUT2D eigenvalue weighted by Gasteiger charge is -2.11. The number of benzene rings is 3. The molecule has 0 atom stereocenters. The van der Waals surface area contributed by atoms with Gasteiger partial charge in [0.2, 0.25) is 5.91 Å². The standard InChI is InChI=1S/C24H19F2N5O2S/c25-18-8-6-17(7-9-18)22-29-30-24(31(22)20-12-10-19(26)11-13-20)34-15-21(32)28-23(33)27-14-16-4-2-1-3-5-16/h1-13H,14-15H2,(H2,27,28,32,33). The summed E-state index contributed by atoms with van der Waals surface area (Å²) in [7, 11) is 0. The second-order valence-corrected chi connectivity index (χ2v) is 8.07. The molecule has 0 saturated carbocycles. The van der Waals surface area contributed by atoms with E-state index in [1.165, 1.54) is 24.3 Å². The Labute approximate surface area is 198 Å². The van der Waals surface area contributed by atoms with Crippen molar-refractivity contribution in [2.45, 2.75) is 11.7 Å². The van der Waals surface area contributed by atoms with Crippen LogP contribution in [0.3, 0.4) is 0 Å². The van der Waals surface area contributed by atoms with E-state index in [1.54, 1.807) is 28.8 Å². The minimum atomic E-state index is -0.610. The molecule has 3 aromatic carbocycles. The average molecular weight is 480 g/mol. The number of rotatable bonds is 7. The van der Waals surface area contributed by atoms with Gasteiger partial charge >= 0.3 is 6.03 Å². The van der Waals surface area contributed by atoms with Crippen LogP contribution in [0.4, 0.5) is 13.6 Å². The number of carbonyl (C=O) groups is 2. The fourth-order valence-corrected chi connectivity index (χ4v) is 3.84. The van der Waals surface area contributed by atoms with E-state index in [1.807, 2.05) is 30.3 Å². The molecule has 0 aliphatic rings. The summed E-state index contributed by atoms with van der Waals surface area (Å²) in [6.45, 7) is 0.285. The Hall–Kier alpha value is -4.05. The largest absolute Gasteiger partial charge is 0.334 e. The molecule has 0 fully saturated rings. The second kappa shape index (κ2) is 10.7. The van der Waals surface area contributed by atoms with Crippen LogP contribution in [0.5, 0.6) is 0 Å². The molecule has 0 bridgehead atoms. The lowest BCUT2D eigenvalue weighted by Crippen LogP contribution is -2.40. The van der Waals surface area contributed by atoms with Crippen molar-refractivity contribution in [2.75, 3.05) is 5.75 Å². The van der Waals surface area contributed by atoms with Crippen LogP contribution in [0.1, 0.15) is 5.56 Å². The molecule has 10 heteroatoms. The minimum absolute atomic E-state index is 0.110. The molecule has 34 heavy (non-hydrogen) atoms. The molecule has 3 amide bonds. The molecule has 172 valence electrons. The maximum absolute atomic E-state index is 13.5. The SMILES string of the molecule is O=C(CSc1nnc(-c2ccc(F)cc2)n1-c1ccc(F)cc1)NC(=O)NCc1ccccc1. The zero-order valence-electron chi connectivity index (χ0n) is 17.7. The summed E-state index contributed by atoms with van der Waals surface area (Å²) >= 11 is 1.06. The maximum Gasteiger partial charge on any atom is 0.321 e. The van der Waals surface area contributed by atoms with E-state index in [4.69, 9.17) is 0 Å². The lowest BCUT2D eigenvalue weighted by molar-refractivity contribution is -0.117. The van der Waals surface area contributed by atoms with Gasteiger partial charge in [-0.1, -0.05) is 42.1 Å². The number of hydrogen-bond acceptors (Lipinski definition) is 5. The molecule has 2 N–H and O–H groups in total. The van der Waals surface area contributed by atoms with E-state index in [9.17, 15) is 18.4 Å². The van der Waals surface area contributed by atoms with Crippen LogP contribution >= 0.6 is 11.8 Å². The van der Waals surface area contributed by atoms with Crippen LogP contribution in [-0.4, -0.2) is 32.5 Å². The lowest BCUT2D eigenvalue weighted by atomic mass is 10.2. The zero-order chi connectivity index (χ0) is 23.9. The van der Waals surface area contributed by atoms with Gasteiger partial charge in [0.15, 0.2) is 11.0 Å². The molecule has 1 aromatic heterocycles. The van der Waals surface area contributed by atoms with E-state index >= 15 is 0 Å². The van der Waals surface area contributed by atoms with Gasteiger partial charge in [0.1, 0.15) is 11.6 Å². The zero-order valence-corrected chi connectivity index (χ0v) is 18.6. The van der Waals surface area contributed by atoms with Crippen LogP contribution in [0.2, 0.25) is 0 Å². The van der Waals surface area contributed by atoms with Gasteiger partial charge in [-0.25, -0.2) is 13.6 Å². The van der Waals surface area contributed by atoms with Crippen molar-refractivity contribution in [3.63, 3.8) is 0 Å². The van der Waals surface area contributed by atoms with Crippen molar-refractivity contribution >= 4 is 23.7 Å². The molecule has 4 rings (SSSR count). The third-order valence-corrected chi connectivity index (χ3v) is 5.63. The van der Waals surface area contributed by atoms with Crippen LogP contribution in [-0.2, 0) is 11.3 Å². The van der Waals surface area contributed by atoms with E-state index in [2.05, 4.69) is 20.8 Å². The number of amides is 3. The van der Waals surface area contributed by atoms with Gasteiger partial charge in [-0.15, -0.1) is 10.2 Å². The maximum atomic E-state index is 13.5. The number of imide groups is 1. The summed E-state index contributed by atoms with van der Waals surface area (Å²) in [5.74, 6) is -1.03. The smallest absolute Gasteiger partial charge is 0.321 e. The number of carbonyl (C=O) groups excluding carboxylic acids is 2. The van der Waals surface area contributed by atoms with Crippen molar-refractivity contribution < 1.29 is 18.4 Å². The molecule has 0 aliphatic carbocycles. The summed E-state index contributed by atoms with van der Waals surface area (Å²) in [5, 5.41) is 13.6. The van der Waals surface area contributed by atoms with Crippen molar-refractivity contribution in [1.29, 1.82) is 0 Å². The third kappa shape index (κ3) is 5.84. The number of hydrogen-bond donors (Lipinski definition) is 2. The van der Waals surface area contributed by atoms with Crippen molar-refractivity contribution in [3.8, 4) is 17.1 Å². The Kier molecular flexibility index (Phi) is 7.28. The molecule has 0 saturated heterocycles. The van der Waals surface area contributed by atoms with Crippen molar-refractivity contribution in [2.24, 2.45) is 0 Å². The molecule has 7 nitrogen and oxygen atoms in total. The highest BCUT2D eigenvalue weighted by molar-refractivity contribution is 7.99. The number of nitrogens with one attached hydrogen (secondary N) is 2. The van der Waals surface area contributed by atoms with Gasteiger partial charge < -0.3 is 5.32 Å². The average Bonchev–Trinajstić information content (AvgIpc) is 3.27. The number of halogens is 2. The van der Waals surface area contributed by atoms with Crippen LogP contribution < -0.4 is 10.6 Å². The Balaban J connectivity index is 1.46. The number of urea groups is 1. The number of thioether (sulfide) groups is 1. The number of aromatic nitrogens is 3. The Morgan fingerprint density at radius 2 is 1.50 bits per heavy atom. The van der Waals surface area contributed by atoms with E-state index in [0.29, 0.717) is 22.2 Å². The van der Waals surface area contributed by atoms with Crippen LogP contribution in [0, 0.1) is 11.6 Å². The highest BCUT2D eigenvalue weighted by Crippen LogP contribution is 2.28. The second-order valence-electron chi connectivity index (χ2n) is 7.13. The summed E-state index contributed by atoms with van der Waals surface area (Å²) < 4.78 is 28.5. The van der Waals surface area contributed by atoms with E-state index in [-0.39, 0.29) is 12.3 Å². The quantitative estimate of drug-likeness (QED) is 0.385. The first-order valence-electron chi connectivity index (χ1n) is 10.2. The minimum Gasteiger partial charge on any atom is -0.334 e. The molecule has 1 heterocycles. The Morgan fingerprint density at radius 1 is 0.853 bits per heavy atom. The molecule has 4 aromatic rings. The molecular formula is C24H19F2N5O2S. The summed E-state index contributed by atoms with van der Waals surface area (Å²) in [6, 6.07) is 20.1. The Morgan fingerprint density at radius 3 is 2.18 bits per heavy atom. The van der Waals surface area contributed by atoms with Gasteiger partial charge in [0, 0.05) is 17.8 Å². The highest BCUT2D eigenvalue weighted by Gasteiger charge is 2.18. The summed E-state index contributed by atoms with van der Waals surface area (Å²) in [6.07, 6.45) is 0. The normalized spacial score (nSPS) is 10.6. The molecule has 0 spiro atoms. The van der Waals surface area contributed by atoms with Crippen LogP contribution in [0.25, 0.3) is 17.1 Å². The first-order valence-corrected chi connectivity index (χ1v) is 11.2. The first-order chi connectivity index (χ1) is 16.5. The molecular weight excluding hydrogens is 460 g/mol. The molecule has 0 aliphatic heterocycles. The van der Waals surface area contributed by atoms with Gasteiger partial charge in [0.25, 0.3) is 0 Å². The highest BCUT2D eigenvalue weighted by atomic mass is 32.2. The first kappa shape index (κ1) is 23.1. The predicted molar refractivity (Wildman–Crippen MR) is 124 cm³/mol. The van der Waals surface area contributed by atoms with Crippen LogP contribution in [0.15, 0.2) is 84.0 Å². The molecule has 0 radical (unpaired) electrons.